The van der Waals surface area contributed by atoms with Crippen molar-refractivity contribution < 1.29 is 29.1 Å². The molecule has 0 saturated heterocycles. The van der Waals surface area contributed by atoms with E-state index in [-0.39, 0.29) is 44.6 Å². The molecule has 2 aromatic rings. The van der Waals surface area contributed by atoms with E-state index >= 15 is 0 Å². The number of aromatic amines is 2. The van der Waals surface area contributed by atoms with Gasteiger partial charge in [-0.3, -0.25) is 24.2 Å². The Hall–Kier alpha value is -5.00. The number of rotatable bonds is 18. The zero-order valence-electron chi connectivity index (χ0n) is 22.2. The van der Waals surface area contributed by atoms with Crippen molar-refractivity contribution in [2.45, 2.75) is 62.7 Å². The number of carboxylic acids is 1. The van der Waals surface area contributed by atoms with Gasteiger partial charge >= 0.3 is 5.97 Å². The topological polar surface area (TPSA) is 315 Å². The van der Waals surface area contributed by atoms with Crippen LogP contribution in [0.2, 0.25) is 0 Å². The van der Waals surface area contributed by atoms with Crippen molar-refractivity contribution >= 4 is 35.6 Å². The average molecular weight is 577 g/mol. The molecule has 18 nitrogen and oxygen atoms in total. The molecule has 224 valence electrons. The maximum atomic E-state index is 13.4. The van der Waals surface area contributed by atoms with Crippen LogP contribution < -0.4 is 38.9 Å². The molecule has 41 heavy (non-hydrogen) atoms. The molecule has 2 heterocycles. The van der Waals surface area contributed by atoms with E-state index in [1.165, 1.54) is 25.0 Å². The van der Waals surface area contributed by atoms with Crippen molar-refractivity contribution in [1.82, 2.24) is 35.9 Å². The molecule has 0 radical (unpaired) electrons. The van der Waals surface area contributed by atoms with Crippen molar-refractivity contribution in [2.75, 3.05) is 6.54 Å². The van der Waals surface area contributed by atoms with E-state index < -0.39 is 53.8 Å². The molecule has 2 rings (SSSR count). The molecule has 0 fully saturated rings. The lowest BCUT2D eigenvalue weighted by atomic mass is 10.1. The molecule has 0 aromatic carbocycles. The van der Waals surface area contributed by atoms with Gasteiger partial charge in [0, 0.05) is 49.6 Å². The summed E-state index contributed by atoms with van der Waals surface area (Å²) in [6.45, 7) is 0.266. The highest BCUT2D eigenvalue weighted by Crippen LogP contribution is 2.06. The highest BCUT2D eigenvalue weighted by atomic mass is 16.4. The number of aliphatic imine (C=N–C) groups is 1. The van der Waals surface area contributed by atoms with Crippen molar-refractivity contribution in [3.05, 3.63) is 36.4 Å². The monoisotopic (exact) mass is 576 g/mol. The summed E-state index contributed by atoms with van der Waals surface area (Å²) in [5.41, 5.74) is 22.6. The van der Waals surface area contributed by atoms with Crippen LogP contribution in [-0.2, 0) is 36.8 Å². The molecule has 2 aromatic heterocycles. The lowest BCUT2D eigenvalue weighted by Crippen LogP contribution is -2.58. The third kappa shape index (κ3) is 11.7. The number of carboxylic acid groups (broad SMARTS) is 1. The van der Waals surface area contributed by atoms with Gasteiger partial charge in [0.25, 0.3) is 0 Å². The Bertz CT molecular complexity index is 1180. The number of nitrogens with one attached hydrogen (secondary N) is 5. The second-order valence-corrected chi connectivity index (χ2v) is 9.14. The summed E-state index contributed by atoms with van der Waals surface area (Å²) in [6, 6.07) is -4.89. The molecular weight excluding hydrogens is 540 g/mol. The number of hydrogen-bond donors (Lipinski definition) is 10. The summed E-state index contributed by atoms with van der Waals surface area (Å²) in [7, 11) is 0. The second kappa shape index (κ2) is 16.2. The number of nitrogens with two attached hydrogens (primary N) is 4. The zero-order chi connectivity index (χ0) is 30.4. The van der Waals surface area contributed by atoms with Crippen LogP contribution in [0.3, 0.4) is 0 Å². The third-order valence-electron chi connectivity index (χ3n) is 5.82. The Kier molecular flexibility index (Phi) is 12.7. The maximum Gasteiger partial charge on any atom is 0.326 e. The summed E-state index contributed by atoms with van der Waals surface area (Å²) in [6.07, 6.45) is 5.67. The van der Waals surface area contributed by atoms with Gasteiger partial charge in [0.2, 0.25) is 23.6 Å². The van der Waals surface area contributed by atoms with Gasteiger partial charge in [-0.15, -0.1) is 0 Å². The Morgan fingerprint density at radius 3 is 1.78 bits per heavy atom. The summed E-state index contributed by atoms with van der Waals surface area (Å²) in [5, 5.41) is 17.0. The number of carbonyl (C=O) groups excluding carboxylic acids is 4. The fourth-order valence-corrected chi connectivity index (χ4v) is 3.67. The first-order valence-corrected chi connectivity index (χ1v) is 12.6. The molecule has 0 aliphatic heterocycles. The van der Waals surface area contributed by atoms with Crippen LogP contribution in [0.5, 0.6) is 0 Å². The summed E-state index contributed by atoms with van der Waals surface area (Å²) >= 11 is 0. The fourth-order valence-electron chi connectivity index (χ4n) is 3.67. The number of nitrogens with zero attached hydrogens (tertiary/aromatic N) is 3. The predicted molar refractivity (Wildman–Crippen MR) is 144 cm³/mol. The minimum Gasteiger partial charge on any atom is -0.480 e. The third-order valence-corrected chi connectivity index (χ3v) is 5.82. The highest BCUT2D eigenvalue weighted by molar-refractivity contribution is 5.94. The summed E-state index contributed by atoms with van der Waals surface area (Å²) in [5.74, 6) is -4.42. The van der Waals surface area contributed by atoms with E-state index in [1.807, 2.05) is 0 Å². The molecule has 0 aliphatic rings. The molecule has 4 amide bonds. The van der Waals surface area contributed by atoms with Crippen molar-refractivity contribution in [3.63, 3.8) is 0 Å². The number of primary amides is 1. The molecule has 0 saturated carbocycles. The quantitative estimate of drug-likeness (QED) is 0.0464. The first-order chi connectivity index (χ1) is 19.5. The number of guanidine groups is 1. The molecule has 14 N–H and O–H groups in total. The minimum atomic E-state index is -1.44. The molecule has 0 bridgehead atoms. The van der Waals surface area contributed by atoms with Crippen molar-refractivity contribution in [3.8, 4) is 0 Å². The summed E-state index contributed by atoms with van der Waals surface area (Å²) in [4.78, 5) is 79.4. The van der Waals surface area contributed by atoms with Crippen LogP contribution in [0, 0.1) is 0 Å². The van der Waals surface area contributed by atoms with Crippen LogP contribution in [0.15, 0.2) is 30.0 Å². The molecule has 4 atom stereocenters. The van der Waals surface area contributed by atoms with E-state index in [9.17, 15) is 29.1 Å². The Labute approximate surface area is 234 Å². The zero-order valence-corrected chi connectivity index (χ0v) is 22.2. The van der Waals surface area contributed by atoms with Gasteiger partial charge in [0.05, 0.1) is 18.7 Å². The lowest BCUT2D eigenvalue weighted by molar-refractivity contribution is -0.142. The Morgan fingerprint density at radius 2 is 1.34 bits per heavy atom. The second-order valence-electron chi connectivity index (χ2n) is 9.14. The highest BCUT2D eigenvalue weighted by Gasteiger charge is 2.31. The number of imidazole rings is 2. The molecule has 0 spiro atoms. The smallest absolute Gasteiger partial charge is 0.326 e. The first-order valence-electron chi connectivity index (χ1n) is 12.6. The normalized spacial score (nSPS) is 13.7. The first kappa shape index (κ1) is 32.2. The number of amides is 4. The average Bonchev–Trinajstić information content (AvgIpc) is 3.62. The van der Waals surface area contributed by atoms with Crippen molar-refractivity contribution in [2.24, 2.45) is 27.9 Å². The lowest BCUT2D eigenvalue weighted by Gasteiger charge is -2.25. The SMILES string of the molecule is NC(=O)CCC(NC(=O)C(Cc1cnc[nH]1)NC(=O)C(Cc1cnc[nH]1)NC(=O)C(N)CCCN=C(N)N)C(=O)O. The van der Waals surface area contributed by atoms with E-state index in [0.717, 1.165) is 0 Å². The maximum absolute atomic E-state index is 13.4. The van der Waals surface area contributed by atoms with Gasteiger partial charge in [0.15, 0.2) is 5.96 Å². The molecule has 4 unspecified atom stereocenters. The van der Waals surface area contributed by atoms with Crippen LogP contribution >= 0.6 is 0 Å². The number of aromatic nitrogens is 4. The van der Waals surface area contributed by atoms with Gasteiger partial charge in [-0.25, -0.2) is 14.8 Å². The largest absolute Gasteiger partial charge is 0.480 e. The van der Waals surface area contributed by atoms with Crippen LogP contribution in [-0.4, -0.2) is 91.3 Å². The van der Waals surface area contributed by atoms with E-state index in [4.69, 9.17) is 22.9 Å². The Balaban J connectivity index is 2.18. The molecule has 18 heteroatoms. The van der Waals surface area contributed by atoms with Gasteiger partial charge in [-0.05, 0) is 19.3 Å². The van der Waals surface area contributed by atoms with E-state index in [1.54, 1.807) is 0 Å². The van der Waals surface area contributed by atoms with Gasteiger partial charge in [-0.2, -0.15) is 0 Å². The predicted octanol–water partition coefficient (Wildman–Crippen LogP) is -3.90. The molecule has 0 aliphatic carbocycles. The van der Waals surface area contributed by atoms with Crippen LogP contribution in [0.25, 0.3) is 0 Å². The summed E-state index contributed by atoms with van der Waals surface area (Å²) < 4.78 is 0. The van der Waals surface area contributed by atoms with Gasteiger partial charge in [0.1, 0.15) is 18.1 Å². The number of hydrogen-bond acceptors (Lipinski definition) is 9. The number of H-pyrrole nitrogens is 2. The minimum absolute atomic E-state index is 0.0208. The number of aliphatic carboxylic acids is 1. The Morgan fingerprint density at radius 1 is 0.829 bits per heavy atom. The van der Waals surface area contributed by atoms with Crippen LogP contribution in [0.1, 0.15) is 37.1 Å². The van der Waals surface area contributed by atoms with Gasteiger partial charge in [-0.1, -0.05) is 0 Å². The van der Waals surface area contributed by atoms with E-state index in [2.05, 4.69) is 40.9 Å². The fraction of sp³-hybridized carbons (Fsp3) is 0.478. The molecular formula is C23H36N12O6. The number of carbonyl (C=O) groups is 5. The van der Waals surface area contributed by atoms with Gasteiger partial charge < -0.3 is 54.0 Å². The van der Waals surface area contributed by atoms with Crippen molar-refractivity contribution in [1.29, 1.82) is 0 Å². The van der Waals surface area contributed by atoms with E-state index in [0.29, 0.717) is 17.8 Å². The standard InChI is InChI=1S/C23H36N12O6/c24-14(2-1-5-30-23(26)27)19(37)34-16(6-12-8-28-10-31-12)21(39)35-17(7-13-9-29-11-32-13)20(38)33-15(22(40)41)3-4-18(25)36/h8-11,14-17H,1-7,24H2,(H2,25,36)(H,28,31)(H,29,32)(H,33,38)(H,34,37)(H,35,39)(H,40,41)(H4,26,27,30). The van der Waals surface area contributed by atoms with Crippen LogP contribution in [0.4, 0.5) is 0 Å².